The normalized spacial score (nSPS) is 15.1. The van der Waals surface area contributed by atoms with E-state index in [1.165, 1.54) is 0 Å². The molecule has 14 heavy (non-hydrogen) atoms. The summed E-state index contributed by atoms with van der Waals surface area (Å²) in [6.07, 6.45) is 1.53. The van der Waals surface area contributed by atoms with E-state index in [4.69, 9.17) is 10.8 Å². The highest BCUT2D eigenvalue weighted by Gasteiger charge is 2.22. The van der Waals surface area contributed by atoms with Crippen LogP contribution in [-0.4, -0.2) is 32.4 Å². The van der Waals surface area contributed by atoms with E-state index in [0.717, 1.165) is 6.42 Å². The Bertz CT molecular complexity index is 287. The standard InChI is InChI=1S/C8H17N5O/c1-3-8(2,4-5-14)11-7-10-6(9)12-13-7/h14H,3-5H2,1-2H3,(H4,9,10,11,12,13). The van der Waals surface area contributed by atoms with E-state index in [1.54, 1.807) is 0 Å². The monoisotopic (exact) mass is 199 g/mol. The Kier molecular flexibility index (Phi) is 3.29. The number of nitrogens with two attached hydrogens (primary N) is 1. The lowest BCUT2D eigenvalue weighted by Gasteiger charge is -2.28. The molecule has 5 N–H and O–H groups in total. The molecule has 1 unspecified atom stereocenters. The second-order valence-corrected chi connectivity index (χ2v) is 3.56. The summed E-state index contributed by atoms with van der Waals surface area (Å²) in [4.78, 5) is 3.94. The van der Waals surface area contributed by atoms with Gasteiger partial charge in [-0.15, -0.1) is 5.10 Å². The fourth-order valence-electron chi connectivity index (χ4n) is 1.17. The third kappa shape index (κ3) is 2.59. The molecule has 1 rings (SSSR count). The summed E-state index contributed by atoms with van der Waals surface area (Å²) in [5.41, 5.74) is 5.20. The van der Waals surface area contributed by atoms with Crippen molar-refractivity contribution in [2.45, 2.75) is 32.2 Å². The molecular weight excluding hydrogens is 182 g/mol. The number of aromatic nitrogens is 3. The SMILES string of the molecule is CCC(C)(CCO)Nc1n[nH]c(N)n1. The molecule has 0 spiro atoms. The summed E-state index contributed by atoms with van der Waals surface area (Å²) >= 11 is 0. The zero-order valence-corrected chi connectivity index (χ0v) is 8.54. The summed E-state index contributed by atoms with van der Waals surface area (Å²) in [6.45, 7) is 4.19. The van der Waals surface area contributed by atoms with Crippen molar-refractivity contribution in [3.8, 4) is 0 Å². The molecule has 0 aromatic carbocycles. The van der Waals surface area contributed by atoms with E-state index in [2.05, 4.69) is 20.5 Å². The third-order valence-corrected chi connectivity index (χ3v) is 2.36. The summed E-state index contributed by atoms with van der Waals surface area (Å²) in [5, 5.41) is 18.5. The molecule has 0 fully saturated rings. The highest BCUT2D eigenvalue weighted by Crippen LogP contribution is 2.19. The number of aliphatic hydroxyl groups excluding tert-OH is 1. The number of nitrogens with one attached hydrogen (secondary N) is 2. The molecule has 6 heteroatoms. The Balaban J connectivity index is 2.64. The van der Waals surface area contributed by atoms with E-state index in [1.807, 2.05) is 13.8 Å². The summed E-state index contributed by atoms with van der Waals surface area (Å²) in [6, 6.07) is 0. The number of aromatic amines is 1. The molecule has 1 atom stereocenters. The first-order chi connectivity index (χ1) is 6.59. The van der Waals surface area contributed by atoms with Crippen LogP contribution >= 0.6 is 0 Å². The Morgan fingerprint density at radius 3 is 2.79 bits per heavy atom. The van der Waals surface area contributed by atoms with Gasteiger partial charge in [0.25, 0.3) is 0 Å². The molecule has 1 aromatic heterocycles. The fraction of sp³-hybridized carbons (Fsp3) is 0.750. The van der Waals surface area contributed by atoms with E-state index in [-0.39, 0.29) is 18.1 Å². The minimum Gasteiger partial charge on any atom is -0.396 e. The molecule has 0 aliphatic heterocycles. The number of H-pyrrole nitrogens is 1. The molecule has 0 aliphatic rings. The fourth-order valence-corrected chi connectivity index (χ4v) is 1.17. The minimum atomic E-state index is -0.191. The highest BCUT2D eigenvalue weighted by molar-refractivity contribution is 5.32. The van der Waals surface area contributed by atoms with Crippen molar-refractivity contribution in [1.82, 2.24) is 15.2 Å². The Hall–Kier alpha value is -1.30. The molecule has 0 saturated carbocycles. The molecule has 0 aliphatic carbocycles. The van der Waals surface area contributed by atoms with Crippen LogP contribution in [0.2, 0.25) is 0 Å². The molecule has 80 valence electrons. The molecule has 1 heterocycles. The van der Waals surface area contributed by atoms with Crippen molar-refractivity contribution in [3.63, 3.8) is 0 Å². The van der Waals surface area contributed by atoms with Gasteiger partial charge in [-0.2, -0.15) is 4.98 Å². The maximum absolute atomic E-state index is 8.90. The first kappa shape index (κ1) is 10.8. The Morgan fingerprint density at radius 1 is 1.64 bits per heavy atom. The van der Waals surface area contributed by atoms with Crippen LogP contribution in [0.25, 0.3) is 0 Å². The number of aliphatic hydroxyl groups is 1. The maximum atomic E-state index is 8.90. The van der Waals surface area contributed by atoms with Crippen LogP contribution in [0, 0.1) is 0 Å². The van der Waals surface area contributed by atoms with Crippen LogP contribution in [0.5, 0.6) is 0 Å². The lowest BCUT2D eigenvalue weighted by atomic mass is 9.95. The maximum Gasteiger partial charge on any atom is 0.244 e. The van der Waals surface area contributed by atoms with Crippen molar-refractivity contribution in [1.29, 1.82) is 0 Å². The van der Waals surface area contributed by atoms with Crippen LogP contribution in [0.4, 0.5) is 11.9 Å². The van der Waals surface area contributed by atoms with Crippen molar-refractivity contribution in [2.24, 2.45) is 0 Å². The molecule has 0 bridgehead atoms. The number of anilines is 2. The van der Waals surface area contributed by atoms with Crippen LogP contribution < -0.4 is 11.1 Å². The number of rotatable bonds is 5. The van der Waals surface area contributed by atoms with Gasteiger partial charge in [0.1, 0.15) is 0 Å². The second-order valence-electron chi connectivity index (χ2n) is 3.56. The first-order valence-corrected chi connectivity index (χ1v) is 4.66. The number of nitrogens with zero attached hydrogens (tertiary/aromatic N) is 2. The smallest absolute Gasteiger partial charge is 0.244 e. The second kappa shape index (κ2) is 4.28. The third-order valence-electron chi connectivity index (χ3n) is 2.36. The first-order valence-electron chi connectivity index (χ1n) is 4.66. The van der Waals surface area contributed by atoms with Crippen molar-refractivity contribution in [3.05, 3.63) is 0 Å². The molecule has 0 saturated heterocycles. The highest BCUT2D eigenvalue weighted by atomic mass is 16.3. The van der Waals surface area contributed by atoms with Crippen molar-refractivity contribution >= 4 is 11.9 Å². The van der Waals surface area contributed by atoms with Crippen molar-refractivity contribution in [2.75, 3.05) is 17.7 Å². The average Bonchev–Trinajstić information content (AvgIpc) is 2.51. The molecule has 6 nitrogen and oxygen atoms in total. The van der Waals surface area contributed by atoms with Crippen molar-refractivity contribution < 1.29 is 5.11 Å². The largest absolute Gasteiger partial charge is 0.396 e. The van der Waals surface area contributed by atoms with Gasteiger partial charge in [-0.1, -0.05) is 6.92 Å². The van der Waals surface area contributed by atoms with Crippen LogP contribution in [0.1, 0.15) is 26.7 Å². The molecule has 1 aromatic rings. The predicted octanol–water partition coefficient (Wildman–Crippen LogP) is 0.350. The van der Waals surface area contributed by atoms with Crippen LogP contribution in [0.15, 0.2) is 0 Å². The van der Waals surface area contributed by atoms with Gasteiger partial charge >= 0.3 is 0 Å². The van der Waals surface area contributed by atoms with Gasteiger partial charge < -0.3 is 16.2 Å². The quantitative estimate of drug-likeness (QED) is 0.548. The molecule has 0 radical (unpaired) electrons. The van der Waals surface area contributed by atoms with E-state index in [0.29, 0.717) is 12.4 Å². The topological polar surface area (TPSA) is 99.8 Å². The van der Waals surface area contributed by atoms with Gasteiger partial charge in [0, 0.05) is 12.1 Å². The van der Waals surface area contributed by atoms with Gasteiger partial charge in [0.2, 0.25) is 11.9 Å². The summed E-state index contributed by atoms with van der Waals surface area (Å²) in [7, 11) is 0. The molecule has 0 amide bonds. The summed E-state index contributed by atoms with van der Waals surface area (Å²) in [5.74, 6) is 0.759. The Morgan fingerprint density at radius 2 is 2.36 bits per heavy atom. The van der Waals surface area contributed by atoms with Gasteiger partial charge in [0.05, 0.1) is 0 Å². The number of hydrogen-bond donors (Lipinski definition) is 4. The van der Waals surface area contributed by atoms with Crippen LogP contribution in [0.3, 0.4) is 0 Å². The zero-order valence-electron chi connectivity index (χ0n) is 8.54. The lowest BCUT2D eigenvalue weighted by Crippen LogP contribution is -2.35. The zero-order chi connectivity index (χ0) is 10.6. The Labute approximate surface area is 82.9 Å². The van der Waals surface area contributed by atoms with Gasteiger partial charge in [-0.3, -0.25) is 0 Å². The predicted molar refractivity (Wildman–Crippen MR) is 54.8 cm³/mol. The van der Waals surface area contributed by atoms with E-state index >= 15 is 0 Å². The van der Waals surface area contributed by atoms with Gasteiger partial charge in [-0.25, -0.2) is 5.10 Å². The van der Waals surface area contributed by atoms with Crippen LogP contribution in [-0.2, 0) is 0 Å². The van der Waals surface area contributed by atoms with Gasteiger partial charge in [-0.05, 0) is 19.8 Å². The van der Waals surface area contributed by atoms with E-state index in [9.17, 15) is 0 Å². The molecular formula is C8H17N5O. The summed E-state index contributed by atoms with van der Waals surface area (Å²) < 4.78 is 0. The lowest BCUT2D eigenvalue weighted by molar-refractivity contribution is 0.251. The number of hydrogen-bond acceptors (Lipinski definition) is 5. The minimum absolute atomic E-state index is 0.136. The number of nitrogen functional groups attached to an aromatic ring is 1. The van der Waals surface area contributed by atoms with E-state index < -0.39 is 0 Å². The average molecular weight is 199 g/mol. The van der Waals surface area contributed by atoms with Gasteiger partial charge in [0.15, 0.2) is 0 Å².